The van der Waals surface area contributed by atoms with Gasteiger partial charge in [0, 0.05) is 12.6 Å². The van der Waals surface area contributed by atoms with E-state index in [0.717, 1.165) is 17.3 Å². The first-order valence-electron chi connectivity index (χ1n) is 8.03. The lowest BCUT2D eigenvalue weighted by atomic mass is 10.1. The number of benzene rings is 2. The Morgan fingerprint density at radius 1 is 1.08 bits per heavy atom. The number of carbonyl (C=O) groups excluding carboxylic acids is 1. The fourth-order valence-electron chi connectivity index (χ4n) is 2.44. The standard InChI is InChI=1S/C20H17F2N3O/c1-13-3-2-4-14(9-13)11-23-16-6-8-19(24-12-16)20(26)25-18-7-5-15(21)10-17(18)22/h2-10,12,23H,11H2,1H3,(H,25,26). The Morgan fingerprint density at radius 2 is 1.92 bits per heavy atom. The lowest BCUT2D eigenvalue weighted by molar-refractivity contribution is 0.102. The Kier molecular flexibility index (Phi) is 5.22. The summed E-state index contributed by atoms with van der Waals surface area (Å²) in [6.07, 6.45) is 1.53. The molecule has 1 aromatic heterocycles. The molecule has 0 saturated heterocycles. The summed E-state index contributed by atoms with van der Waals surface area (Å²) in [5.74, 6) is -2.11. The van der Waals surface area contributed by atoms with Crippen LogP contribution in [0.2, 0.25) is 0 Å². The Bertz CT molecular complexity index is 927. The fraction of sp³-hybridized carbons (Fsp3) is 0.100. The predicted molar refractivity (Wildman–Crippen MR) is 97.1 cm³/mol. The van der Waals surface area contributed by atoms with E-state index in [0.29, 0.717) is 12.6 Å². The molecular weight excluding hydrogens is 336 g/mol. The van der Waals surface area contributed by atoms with Gasteiger partial charge in [0.05, 0.1) is 17.6 Å². The summed E-state index contributed by atoms with van der Waals surface area (Å²) in [6.45, 7) is 2.66. The topological polar surface area (TPSA) is 54.0 Å². The maximum atomic E-state index is 13.6. The van der Waals surface area contributed by atoms with Crippen LogP contribution in [0.15, 0.2) is 60.8 Å². The molecule has 26 heavy (non-hydrogen) atoms. The van der Waals surface area contributed by atoms with Crippen molar-refractivity contribution in [3.8, 4) is 0 Å². The second-order valence-corrected chi connectivity index (χ2v) is 5.85. The van der Waals surface area contributed by atoms with Crippen molar-refractivity contribution >= 4 is 17.3 Å². The molecule has 0 aliphatic heterocycles. The highest BCUT2D eigenvalue weighted by atomic mass is 19.1. The first kappa shape index (κ1) is 17.5. The highest BCUT2D eigenvalue weighted by molar-refractivity contribution is 6.03. The van der Waals surface area contributed by atoms with E-state index in [4.69, 9.17) is 0 Å². The average molecular weight is 353 g/mol. The number of pyridine rings is 1. The van der Waals surface area contributed by atoms with E-state index in [-0.39, 0.29) is 11.4 Å². The molecule has 6 heteroatoms. The Hall–Kier alpha value is -3.28. The van der Waals surface area contributed by atoms with Gasteiger partial charge in [-0.05, 0) is 36.8 Å². The van der Waals surface area contributed by atoms with E-state index >= 15 is 0 Å². The van der Waals surface area contributed by atoms with Crippen molar-refractivity contribution in [2.45, 2.75) is 13.5 Å². The zero-order valence-electron chi connectivity index (χ0n) is 14.1. The van der Waals surface area contributed by atoms with E-state index in [2.05, 4.69) is 21.7 Å². The maximum absolute atomic E-state index is 13.6. The van der Waals surface area contributed by atoms with Crippen molar-refractivity contribution < 1.29 is 13.6 Å². The van der Waals surface area contributed by atoms with Crippen molar-refractivity contribution in [1.82, 2.24) is 4.98 Å². The van der Waals surface area contributed by atoms with Crippen LogP contribution in [0, 0.1) is 18.6 Å². The van der Waals surface area contributed by atoms with E-state index in [1.165, 1.54) is 23.9 Å². The van der Waals surface area contributed by atoms with Crippen LogP contribution in [-0.4, -0.2) is 10.9 Å². The number of aromatic nitrogens is 1. The molecule has 132 valence electrons. The molecule has 0 unspecified atom stereocenters. The summed E-state index contributed by atoms with van der Waals surface area (Å²) in [5, 5.41) is 5.60. The number of rotatable bonds is 5. The smallest absolute Gasteiger partial charge is 0.274 e. The van der Waals surface area contributed by atoms with Gasteiger partial charge in [0.1, 0.15) is 17.3 Å². The van der Waals surface area contributed by atoms with E-state index in [1.807, 2.05) is 25.1 Å². The van der Waals surface area contributed by atoms with Gasteiger partial charge in [-0.2, -0.15) is 0 Å². The summed E-state index contributed by atoms with van der Waals surface area (Å²) < 4.78 is 26.5. The molecule has 0 saturated carbocycles. The second kappa shape index (κ2) is 7.74. The third kappa shape index (κ3) is 4.42. The van der Waals surface area contributed by atoms with E-state index in [1.54, 1.807) is 6.07 Å². The molecule has 2 aromatic carbocycles. The molecule has 2 N–H and O–H groups in total. The van der Waals surface area contributed by atoms with Crippen molar-refractivity contribution in [2.24, 2.45) is 0 Å². The molecule has 0 aliphatic rings. The average Bonchev–Trinajstić information content (AvgIpc) is 2.63. The highest BCUT2D eigenvalue weighted by Gasteiger charge is 2.11. The molecule has 0 spiro atoms. The lowest BCUT2D eigenvalue weighted by Crippen LogP contribution is -2.14. The number of nitrogens with zero attached hydrogens (tertiary/aromatic N) is 1. The van der Waals surface area contributed by atoms with Crippen LogP contribution in [0.3, 0.4) is 0 Å². The van der Waals surface area contributed by atoms with Crippen LogP contribution in [0.5, 0.6) is 0 Å². The number of anilines is 2. The third-order valence-electron chi connectivity index (χ3n) is 3.75. The largest absolute Gasteiger partial charge is 0.380 e. The molecule has 3 rings (SSSR count). The van der Waals surface area contributed by atoms with Crippen LogP contribution in [0.4, 0.5) is 20.2 Å². The maximum Gasteiger partial charge on any atom is 0.274 e. The number of nitrogens with one attached hydrogen (secondary N) is 2. The highest BCUT2D eigenvalue weighted by Crippen LogP contribution is 2.16. The van der Waals surface area contributed by atoms with Crippen molar-refractivity contribution in [2.75, 3.05) is 10.6 Å². The zero-order valence-corrected chi connectivity index (χ0v) is 14.1. The monoisotopic (exact) mass is 353 g/mol. The molecule has 0 radical (unpaired) electrons. The van der Waals surface area contributed by atoms with Crippen LogP contribution < -0.4 is 10.6 Å². The van der Waals surface area contributed by atoms with Gasteiger partial charge in [-0.1, -0.05) is 29.8 Å². The van der Waals surface area contributed by atoms with Gasteiger partial charge < -0.3 is 10.6 Å². The van der Waals surface area contributed by atoms with Crippen molar-refractivity contribution in [3.63, 3.8) is 0 Å². The van der Waals surface area contributed by atoms with Crippen molar-refractivity contribution in [1.29, 1.82) is 0 Å². The SMILES string of the molecule is Cc1cccc(CNc2ccc(C(=O)Nc3ccc(F)cc3F)nc2)c1. The van der Waals surface area contributed by atoms with Gasteiger partial charge in [0.2, 0.25) is 0 Å². The van der Waals surface area contributed by atoms with Gasteiger partial charge in [0.25, 0.3) is 5.91 Å². The van der Waals surface area contributed by atoms with Gasteiger partial charge >= 0.3 is 0 Å². The minimum absolute atomic E-state index is 0.0974. The fourth-order valence-corrected chi connectivity index (χ4v) is 2.44. The number of amides is 1. The minimum atomic E-state index is -0.838. The van der Waals surface area contributed by atoms with E-state index < -0.39 is 17.5 Å². The minimum Gasteiger partial charge on any atom is -0.380 e. The molecule has 3 aromatic rings. The van der Waals surface area contributed by atoms with Gasteiger partial charge in [-0.15, -0.1) is 0 Å². The lowest BCUT2D eigenvalue weighted by Gasteiger charge is -2.09. The summed E-state index contributed by atoms with van der Waals surface area (Å²) >= 11 is 0. The van der Waals surface area contributed by atoms with Crippen molar-refractivity contribution in [3.05, 3.63) is 89.2 Å². The van der Waals surface area contributed by atoms with Crippen LogP contribution in [0.1, 0.15) is 21.6 Å². The van der Waals surface area contributed by atoms with Crippen LogP contribution in [0.25, 0.3) is 0 Å². The summed E-state index contributed by atoms with van der Waals surface area (Å²) in [4.78, 5) is 16.2. The molecule has 0 bridgehead atoms. The van der Waals surface area contributed by atoms with Gasteiger partial charge in [-0.3, -0.25) is 4.79 Å². The van der Waals surface area contributed by atoms with Crippen LogP contribution in [-0.2, 0) is 6.54 Å². The van der Waals surface area contributed by atoms with E-state index in [9.17, 15) is 13.6 Å². The predicted octanol–water partition coefficient (Wildman–Crippen LogP) is 4.53. The third-order valence-corrected chi connectivity index (χ3v) is 3.75. The van der Waals surface area contributed by atoms with Gasteiger partial charge in [-0.25, -0.2) is 13.8 Å². The normalized spacial score (nSPS) is 10.4. The quantitative estimate of drug-likeness (QED) is 0.708. The first-order chi connectivity index (χ1) is 12.5. The molecule has 1 heterocycles. The molecule has 1 amide bonds. The Balaban J connectivity index is 1.62. The molecule has 0 fully saturated rings. The zero-order chi connectivity index (χ0) is 18.5. The summed E-state index contributed by atoms with van der Waals surface area (Å²) in [5.41, 5.74) is 3.12. The Labute approximate surface area is 149 Å². The summed E-state index contributed by atoms with van der Waals surface area (Å²) in [7, 11) is 0. The number of hydrogen-bond acceptors (Lipinski definition) is 3. The first-order valence-corrected chi connectivity index (χ1v) is 8.03. The molecule has 0 atom stereocenters. The molecule has 4 nitrogen and oxygen atoms in total. The van der Waals surface area contributed by atoms with Crippen LogP contribution >= 0.6 is 0 Å². The molecule has 0 aliphatic carbocycles. The number of halogens is 2. The number of hydrogen-bond donors (Lipinski definition) is 2. The Morgan fingerprint density at radius 3 is 2.62 bits per heavy atom. The number of aryl methyl sites for hydroxylation is 1. The van der Waals surface area contributed by atoms with Gasteiger partial charge in [0.15, 0.2) is 0 Å². The second-order valence-electron chi connectivity index (χ2n) is 5.85. The number of carbonyl (C=O) groups is 1. The summed E-state index contributed by atoms with van der Waals surface area (Å²) in [6, 6.07) is 14.3. The molecular formula is C20H17F2N3O.